The van der Waals surface area contributed by atoms with Crippen molar-refractivity contribution in [2.75, 3.05) is 22.9 Å². The summed E-state index contributed by atoms with van der Waals surface area (Å²) in [5.74, 6) is -17.6. The molecule has 4 aliphatic rings. The summed E-state index contributed by atoms with van der Waals surface area (Å²) >= 11 is 0. The van der Waals surface area contributed by atoms with Gasteiger partial charge >= 0.3 is 0 Å². The number of nitrogens with zero attached hydrogens (tertiary/aromatic N) is 8. The maximum Gasteiger partial charge on any atom is 0.264 e. The van der Waals surface area contributed by atoms with Crippen LogP contribution in [0.2, 0.25) is 0 Å². The molecular weight excluding hydrogens is 1140 g/mol. The van der Waals surface area contributed by atoms with E-state index in [0.29, 0.717) is 0 Å². The van der Waals surface area contributed by atoms with Gasteiger partial charge in [-0.3, -0.25) is 97.1 Å². The van der Waals surface area contributed by atoms with Crippen LogP contribution < -0.4 is 66.4 Å². The molecule has 4 aromatic carbocycles. The van der Waals surface area contributed by atoms with Crippen molar-refractivity contribution in [1.29, 1.82) is 0 Å². The summed E-state index contributed by atoms with van der Waals surface area (Å²) in [6.07, 6.45) is -18.2. The highest BCUT2D eigenvalue weighted by atomic mass is 16.2. The first kappa shape index (κ1) is 26.9. The molecule has 0 spiro atoms. The summed E-state index contributed by atoms with van der Waals surface area (Å²) in [6.45, 7) is -28.2. The molecule has 0 saturated carbocycles. The van der Waals surface area contributed by atoms with E-state index in [4.69, 9.17) is 83.2 Å². The minimum atomic E-state index is -4.08. The molecule has 12 rings (SSSR count). The zero-order valence-electron chi connectivity index (χ0n) is 87.6. The molecule has 12 N–H and O–H groups in total. The number of carbonyl (C=O) groups excluding carboxylic acids is 8. The predicted octanol–water partition coefficient (Wildman–Crippen LogP) is 1.76. The number of fused-ring (bicyclic) bond motifs is 4. The highest BCUT2D eigenvalue weighted by Crippen LogP contribution is 2.32. The van der Waals surface area contributed by atoms with Crippen molar-refractivity contribution in [1.82, 2.24) is 59.5 Å². The number of nitrogens with two attached hydrogens (primary N) is 4. The lowest BCUT2D eigenvalue weighted by Crippen LogP contribution is -2.56. The fraction of sp³-hybridized carbons (Fsp3) is 0.333. The van der Waals surface area contributed by atoms with E-state index in [9.17, 15) is 57.5 Å². The first-order valence-corrected chi connectivity index (χ1v) is 24.0. The Balaban J connectivity index is 0.000000198. The SMILES string of the molecule is [2H]c1c([2H])c(N)c2c(=O)n(C3(C([2H])([2H])[2H])C(=O)NC(=O)C([2H])([2H])C3([2H])[2H])c(C([2H])([2H])[2H])nc2c1[2H].[2H]c1c([2H])c(N)c2c(=O)n([C@@]3(C([2H])([2H])[2H])CCC(=O)NC3=O)c(C([2H])([2H])[2H])nc2c1[2H].[2H]c1c([2H])c(N)c2c(=O)n([C@]3(C([2H])([2H])[2H])C(=O)NC(=O)C([2H])([2H])C3([2H])[2H])c(C([2H])([2H])[2H])nc2c1[2H].[2H]c1c([2H])c(N)c2c(=O)n([C@]3(C([2H])([2H])[2H])CCC(=O)NC3=O)c(C([2H])([2H])[2H])nc2c1[2H]. The number of benzene rings is 4. The maximum atomic E-state index is 13.7. The van der Waals surface area contributed by atoms with Crippen LogP contribution in [0, 0.1) is 27.4 Å². The first-order valence-electron chi connectivity index (χ1n) is 46.0. The van der Waals surface area contributed by atoms with Crippen molar-refractivity contribution < 1.29 is 98.7 Å². The highest BCUT2D eigenvalue weighted by molar-refractivity contribution is 6.04. The number of rotatable bonds is 4. The van der Waals surface area contributed by atoms with Crippen molar-refractivity contribution in [3.63, 3.8) is 0 Å². The van der Waals surface area contributed by atoms with E-state index < -0.39 is 360 Å². The van der Waals surface area contributed by atoms with Crippen LogP contribution >= 0.6 is 0 Å². The van der Waals surface area contributed by atoms with Gasteiger partial charge in [-0.2, -0.15) is 0 Å². The number of aryl methyl sites for hydroxylation is 4. The van der Waals surface area contributed by atoms with Crippen molar-refractivity contribution >= 4 is 114 Å². The van der Waals surface area contributed by atoms with Gasteiger partial charge in [-0.1, -0.05) is 24.2 Å². The van der Waals surface area contributed by atoms with E-state index in [1.165, 1.54) is 10.6 Å². The lowest BCUT2D eigenvalue weighted by molar-refractivity contribution is -0.141. The van der Waals surface area contributed by atoms with E-state index in [-0.39, 0.29) is 18.3 Å². The van der Waals surface area contributed by atoms with E-state index in [1.807, 2.05) is 10.6 Å². The minimum Gasteiger partial charge on any atom is -0.398 e. The fourth-order valence-corrected chi connectivity index (χ4v) is 8.63. The quantitative estimate of drug-likeness (QED) is 0.0919. The number of aromatic nitrogens is 8. The van der Waals surface area contributed by atoms with Gasteiger partial charge in [0.15, 0.2) is 0 Å². The van der Waals surface area contributed by atoms with Gasteiger partial charge in [-0.25, -0.2) is 19.9 Å². The topological polar surface area (TPSA) is 428 Å². The second-order valence-electron chi connectivity index (χ2n) is 18.3. The number of piperidine rings is 4. The summed E-state index contributed by atoms with van der Waals surface area (Å²) in [5, 5.41) is 3.14. The average Bonchev–Trinajstić information content (AvgIpc) is 0.675. The summed E-state index contributed by atoms with van der Waals surface area (Å²) in [5.41, 5.74) is -2.84. The Morgan fingerprint density at radius 1 is 0.398 bits per heavy atom. The van der Waals surface area contributed by atoms with Crippen LogP contribution in [0.25, 0.3) is 43.6 Å². The largest absolute Gasteiger partial charge is 0.398 e. The lowest BCUT2D eigenvalue weighted by atomic mass is 9.90. The number of amides is 8. The lowest BCUT2D eigenvalue weighted by Gasteiger charge is -2.34. The van der Waals surface area contributed by atoms with Gasteiger partial charge in [0, 0.05) is 92.2 Å². The normalized spacial score (nSPS) is 32.6. The molecule has 4 aromatic heterocycles. The molecule has 28 heteroatoms. The maximum absolute atomic E-state index is 13.7. The van der Waals surface area contributed by atoms with Crippen molar-refractivity contribution in [3.05, 3.63) is 137 Å². The molecular formula is C60H64N16O12. The number of nitrogen functional groups attached to an aromatic ring is 4. The molecule has 8 amide bonds. The first-order chi connectivity index (χ1) is 59.3. The second kappa shape index (κ2) is 22.9. The Kier molecular flexibility index (Phi) is 6.99. The number of nitrogens with one attached hydrogen (secondary N) is 4. The molecule has 88 heavy (non-hydrogen) atoms. The number of carbonyl (C=O) groups is 8. The van der Waals surface area contributed by atoms with Crippen molar-refractivity contribution in [2.45, 2.75) is 128 Å². The zero-order chi connectivity index (χ0) is 102. The Morgan fingerprint density at radius 2 is 0.648 bits per heavy atom. The van der Waals surface area contributed by atoms with E-state index >= 15 is 0 Å². The third-order valence-corrected chi connectivity index (χ3v) is 12.9. The Bertz CT molecular complexity index is 6310. The molecule has 28 nitrogen and oxygen atoms in total. The Labute approximate surface area is 560 Å². The van der Waals surface area contributed by atoms with Crippen LogP contribution in [0.1, 0.15) is 162 Å². The Hall–Kier alpha value is -10.8. The summed E-state index contributed by atoms with van der Waals surface area (Å²) in [4.78, 5) is 168. The van der Waals surface area contributed by atoms with Gasteiger partial charge in [0.2, 0.25) is 23.6 Å². The molecule has 4 fully saturated rings. The van der Waals surface area contributed by atoms with Crippen LogP contribution in [0.4, 0.5) is 22.7 Å². The highest BCUT2D eigenvalue weighted by Gasteiger charge is 2.46. The van der Waals surface area contributed by atoms with Crippen LogP contribution in [-0.2, 0) is 60.5 Å². The molecule has 8 heterocycles. The molecule has 0 radical (unpaired) electrons. The monoisotopic (exact) mass is 1240 g/mol. The number of imide groups is 4. The van der Waals surface area contributed by atoms with Crippen LogP contribution in [0.3, 0.4) is 0 Å². The molecule has 0 bridgehead atoms. The molecule has 8 aromatic rings. The average molecular weight is 1250 g/mol. The third-order valence-electron chi connectivity index (χ3n) is 12.9. The standard InChI is InChI=1S/4C15H16N4O3/c4*1-8-17-10-5-3-4-9(16)12(10)13(21)19(8)15(2)7-6-11(20)18-14(15)22/h4*3-5H,6-7,16H2,1-2H3,(H,18,20,22)/t3*15-;/m100./s1/i1D3,2D3,3D,4D,5D;1D3,2D3,3D,4D,5D,6D2,7D2;1D3,2D3,3D,4D,5D;1D3,2D3,3D,4D,5D,6D2,7D2. The van der Waals surface area contributed by atoms with E-state index in [2.05, 4.69) is 19.9 Å². The van der Waals surface area contributed by atoms with Gasteiger partial charge in [0.25, 0.3) is 45.9 Å². The minimum absolute atomic E-state index is 0.190. The van der Waals surface area contributed by atoms with Crippen LogP contribution in [0.5, 0.6) is 0 Å². The molecule has 4 saturated heterocycles. The van der Waals surface area contributed by atoms with E-state index in [1.54, 1.807) is 0 Å². The Morgan fingerprint density at radius 3 is 0.898 bits per heavy atom. The summed E-state index contributed by atoms with van der Waals surface area (Å²) in [6, 6.07) is -9.70. The van der Waals surface area contributed by atoms with Crippen LogP contribution in [0.15, 0.2) is 91.7 Å². The third kappa shape index (κ3) is 10.6. The number of hydrogen-bond acceptors (Lipinski definition) is 20. The fourth-order valence-electron chi connectivity index (χ4n) is 8.63. The van der Waals surface area contributed by atoms with E-state index in [0.717, 1.165) is 0 Å². The summed E-state index contributed by atoms with van der Waals surface area (Å²) in [7, 11) is 0. The molecule has 1 unspecified atom stereocenters. The second-order valence-corrected chi connectivity index (χ2v) is 18.3. The number of hydrogen-bond donors (Lipinski definition) is 8. The molecule has 4 aliphatic heterocycles. The predicted molar refractivity (Wildman–Crippen MR) is 325 cm³/mol. The van der Waals surface area contributed by atoms with Crippen molar-refractivity contribution in [3.8, 4) is 0 Å². The molecule has 0 aliphatic carbocycles. The van der Waals surface area contributed by atoms with Gasteiger partial charge in [-0.15, -0.1) is 0 Å². The van der Waals surface area contributed by atoms with Gasteiger partial charge in [0.1, 0.15) is 45.5 Å². The zero-order valence-corrected chi connectivity index (χ0v) is 43.6. The van der Waals surface area contributed by atoms with Gasteiger partial charge in [0.05, 0.1) is 60.1 Å². The van der Waals surface area contributed by atoms with Gasteiger partial charge in [-0.05, 0) is 129 Å². The summed E-state index contributed by atoms with van der Waals surface area (Å²) < 4.78 is 348. The van der Waals surface area contributed by atoms with Gasteiger partial charge < -0.3 is 22.9 Å². The molecule has 456 valence electrons. The molecule has 4 atom stereocenters. The van der Waals surface area contributed by atoms with Crippen molar-refractivity contribution in [2.24, 2.45) is 0 Å². The van der Waals surface area contributed by atoms with Crippen LogP contribution in [-0.4, -0.2) is 85.5 Å². The number of anilines is 4. The smallest absolute Gasteiger partial charge is 0.264 e.